The summed E-state index contributed by atoms with van der Waals surface area (Å²) in [6.07, 6.45) is 2.96. The lowest BCUT2D eigenvalue weighted by molar-refractivity contribution is -0.120. The van der Waals surface area contributed by atoms with Gasteiger partial charge in [0.05, 0.1) is 11.2 Å². The fraction of sp³-hybridized carbons (Fsp3) is 0.429. The van der Waals surface area contributed by atoms with Crippen molar-refractivity contribution in [2.75, 3.05) is 0 Å². The van der Waals surface area contributed by atoms with Crippen LogP contribution < -0.4 is 0 Å². The molecule has 0 bridgehead atoms. The minimum atomic E-state index is -1.42. The Bertz CT molecular complexity index is 301. The molecule has 1 aliphatic heterocycles. The van der Waals surface area contributed by atoms with Gasteiger partial charge in [-0.2, -0.15) is 5.11 Å². The molecule has 0 N–H and O–H groups in total. The van der Waals surface area contributed by atoms with Crippen LogP contribution in [-0.4, -0.2) is 17.1 Å². The molecule has 0 spiro atoms. The van der Waals surface area contributed by atoms with Crippen LogP contribution in [0.15, 0.2) is 21.5 Å². The molecule has 1 heterocycles. The highest BCUT2D eigenvalue weighted by Gasteiger charge is 2.41. The molecule has 6 heteroatoms. The summed E-state index contributed by atoms with van der Waals surface area (Å²) in [6.45, 7) is 0. The summed E-state index contributed by atoms with van der Waals surface area (Å²) < 4.78 is 0. The van der Waals surface area contributed by atoms with Crippen molar-refractivity contribution in [2.24, 2.45) is 10.2 Å². The molecule has 0 saturated heterocycles. The number of nitrogens with zero attached hydrogens (tertiary/aromatic N) is 2. The molecule has 4 nitrogen and oxygen atoms in total. The molecule has 0 saturated carbocycles. The van der Waals surface area contributed by atoms with Crippen LogP contribution in [0.3, 0.4) is 0 Å². The monoisotopic (exact) mass is 219 g/mol. The van der Waals surface area contributed by atoms with E-state index < -0.39 is 10.8 Å². The van der Waals surface area contributed by atoms with E-state index in [1.54, 1.807) is 6.29 Å². The molecule has 1 amide bonds. The van der Waals surface area contributed by atoms with Crippen molar-refractivity contribution in [3.05, 3.63) is 11.2 Å². The molecular formula is C7H5Cl2N2O2. The third-order valence-electron chi connectivity index (χ3n) is 1.61. The number of carbonyl (C=O) groups excluding carboxylic acids is 2. The Kier molecular flexibility index (Phi) is 3.17. The highest BCUT2D eigenvalue weighted by atomic mass is 35.5. The second kappa shape index (κ2) is 3.98. The van der Waals surface area contributed by atoms with Gasteiger partial charge in [-0.15, -0.1) is 16.7 Å². The molecule has 1 unspecified atom stereocenters. The first-order valence-corrected chi connectivity index (χ1v) is 4.22. The maximum absolute atomic E-state index is 11.2. The highest BCUT2D eigenvalue weighted by Crippen LogP contribution is 2.36. The lowest BCUT2D eigenvalue weighted by Gasteiger charge is -2.22. The van der Waals surface area contributed by atoms with Gasteiger partial charge in [-0.25, -0.2) is 0 Å². The quantitative estimate of drug-likeness (QED) is 0.682. The van der Waals surface area contributed by atoms with Crippen molar-refractivity contribution in [1.82, 2.24) is 0 Å². The third kappa shape index (κ3) is 1.95. The van der Waals surface area contributed by atoms with Crippen LogP contribution in [0.25, 0.3) is 0 Å². The van der Waals surface area contributed by atoms with Crippen LogP contribution in [-0.2, 0) is 9.59 Å². The average molecular weight is 220 g/mol. The molecule has 0 aromatic heterocycles. The number of hydrogen-bond acceptors (Lipinski definition) is 3. The standard InChI is InChI=1S/C7H5Cl2N2O2/c8-5-4-10-11-6(13)7(5,9)2-1-3-12/h4H,1-2H2. The topological polar surface area (TPSA) is 58.9 Å². The zero-order valence-corrected chi connectivity index (χ0v) is 7.97. The molecular weight excluding hydrogens is 215 g/mol. The second-order valence-corrected chi connectivity index (χ2v) is 3.50. The van der Waals surface area contributed by atoms with E-state index >= 15 is 0 Å². The predicted octanol–water partition coefficient (Wildman–Crippen LogP) is 1.93. The highest BCUT2D eigenvalue weighted by molar-refractivity contribution is 6.46. The Morgan fingerprint density at radius 3 is 2.85 bits per heavy atom. The number of amides is 1. The predicted molar refractivity (Wildman–Crippen MR) is 47.3 cm³/mol. The summed E-state index contributed by atoms with van der Waals surface area (Å²) in [5, 5.41) is 6.68. The minimum absolute atomic E-state index is 0.0365. The van der Waals surface area contributed by atoms with E-state index in [-0.39, 0.29) is 17.9 Å². The van der Waals surface area contributed by atoms with Crippen molar-refractivity contribution in [3.63, 3.8) is 0 Å². The number of alkyl halides is 1. The summed E-state index contributed by atoms with van der Waals surface area (Å²) in [5.74, 6) is -0.642. The van der Waals surface area contributed by atoms with E-state index in [4.69, 9.17) is 23.2 Å². The van der Waals surface area contributed by atoms with Crippen LogP contribution >= 0.6 is 23.2 Å². The zero-order valence-electron chi connectivity index (χ0n) is 6.46. The number of halogens is 2. The first-order chi connectivity index (χ1) is 6.11. The van der Waals surface area contributed by atoms with Crippen LogP contribution in [0.4, 0.5) is 0 Å². The fourth-order valence-corrected chi connectivity index (χ4v) is 1.27. The van der Waals surface area contributed by atoms with Crippen molar-refractivity contribution in [1.29, 1.82) is 0 Å². The largest absolute Gasteiger partial charge is 0.291 e. The summed E-state index contributed by atoms with van der Waals surface area (Å²) >= 11 is 11.6. The lowest BCUT2D eigenvalue weighted by Crippen LogP contribution is -2.33. The summed E-state index contributed by atoms with van der Waals surface area (Å²) in [6, 6.07) is 0. The Morgan fingerprint density at radius 1 is 1.62 bits per heavy atom. The van der Waals surface area contributed by atoms with Gasteiger partial charge < -0.3 is 0 Å². The Balaban J connectivity index is 2.86. The van der Waals surface area contributed by atoms with Crippen LogP contribution in [0.1, 0.15) is 12.8 Å². The molecule has 1 rings (SSSR count). The van der Waals surface area contributed by atoms with Crippen LogP contribution in [0, 0.1) is 0 Å². The summed E-state index contributed by atoms with van der Waals surface area (Å²) in [7, 11) is 0. The van der Waals surface area contributed by atoms with Crippen molar-refractivity contribution in [2.45, 2.75) is 17.7 Å². The molecule has 1 radical (unpaired) electrons. The van der Waals surface area contributed by atoms with Crippen molar-refractivity contribution >= 4 is 35.4 Å². The molecule has 0 aromatic carbocycles. The molecule has 1 atom stereocenters. The Hall–Kier alpha value is -0.740. The van der Waals surface area contributed by atoms with Crippen molar-refractivity contribution < 1.29 is 9.59 Å². The van der Waals surface area contributed by atoms with Crippen molar-refractivity contribution in [3.8, 4) is 0 Å². The van der Waals surface area contributed by atoms with Gasteiger partial charge in [-0.1, -0.05) is 11.6 Å². The van der Waals surface area contributed by atoms with Gasteiger partial charge in [0.25, 0.3) is 5.91 Å². The van der Waals surface area contributed by atoms with E-state index in [1.807, 2.05) is 0 Å². The van der Waals surface area contributed by atoms with Gasteiger partial charge >= 0.3 is 0 Å². The number of carbonyl (C=O) groups is 1. The van der Waals surface area contributed by atoms with E-state index in [1.165, 1.54) is 6.20 Å². The maximum atomic E-state index is 11.2. The van der Waals surface area contributed by atoms with E-state index in [0.717, 1.165) is 0 Å². The van der Waals surface area contributed by atoms with Gasteiger partial charge in [-0.05, 0) is 6.42 Å². The average Bonchev–Trinajstić information content (AvgIpc) is 2.11. The summed E-state index contributed by atoms with van der Waals surface area (Å²) in [4.78, 5) is 19.8. The lowest BCUT2D eigenvalue weighted by atomic mass is 10.0. The van der Waals surface area contributed by atoms with Gasteiger partial charge in [0.15, 0.2) is 11.2 Å². The third-order valence-corrected chi connectivity index (χ3v) is 2.68. The smallest absolute Gasteiger partial charge is 0.290 e. The Labute approximate surface area is 84.6 Å². The molecule has 0 aliphatic carbocycles. The van der Waals surface area contributed by atoms with Gasteiger partial charge in [-0.3, -0.25) is 9.59 Å². The summed E-state index contributed by atoms with van der Waals surface area (Å²) in [5.41, 5.74) is 0. The van der Waals surface area contributed by atoms with Crippen LogP contribution in [0.5, 0.6) is 0 Å². The minimum Gasteiger partial charge on any atom is -0.291 e. The molecule has 69 valence electrons. The molecule has 1 aliphatic rings. The zero-order chi connectivity index (χ0) is 9.90. The van der Waals surface area contributed by atoms with Gasteiger partial charge in [0, 0.05) is 6.42 Å². The van der Waals surface area contributed by atoms with Crippen LogP contribution in [0.2, 0.25) is 0 Å². The first kappa shape index (κ1) is 10.3. The van der Waals surface area contributed by atoms with Gasteiger partial charge in [0.1, 0.15) is 0 Å². The SMILES string of the molecule is O=[C]CCC1(Cl)C(=O)N=NC=C1Cl. The first-order valence-electron chi connectivity index (χ1n) is 3.46. The number of rotatable bonds is 3. The number of hydrogen-bond donors (Lipinski definition) is 0. The Morgan fingerprint density at radius 2 is 2.31 bits per heavy atom. The van der Waals surface area contributed by atoms with Gasteiger partial charge in [0.2, 0.25) is 0 Å². The fourth-order valence-electron chi connectivity index (χ4n) is 0.865. The number of azo groups is 1. The van der Waals surface area contributed by atoms with E-state index in [0.29, 0.717) is 0 Å². The molecule has 0 fully saturated rings. The van der Waals surface area contributed by atoms with E-state index in [2.05, 4.69) is 10.2 Å². The normalized spacial score (nSPS) is 27.2. The van der Waals surface area contributed by atoms with E-state index in [9.17, 15) is 9.59 Å². The molecule has 13 heavy (non-hydrogen) atoms. The second-order valence-electron chi connectivity index (χ2n) is 2.44. The maximum Gasteiger partial charge on any atom is 0.290 e. The molecule has 0 aromatic rings.